The number of aromatic amines is 1. The molecule has 4 aromatic carbocycles. The van der Waals surface area contributed by atoms with Gasteiger partial charge in [0.15, 0.2) is 0 Å². The van der Waals surface area contributed by atoms with E-state index in [1.54, 1.807) is 55.5 Å². The van der Waals surface area contributed by atoms with E-state index in [0.717, 1.165) is 10.8 Å². The van der Waals surface area contributed by atoms with Gasteiger partial charge in [0.05, 0.1) is 27.5 Å². The van der Waals surface area contributed by atoms with Crippen LogP contribution in [0.5, 0.6) is 0 Å². The van der Waals surface area contributed by atoms with Gasteiger partial charge >= 0.3 is 0 Å². The molecule has 1 aromatic heterocycles. The summed E-state index contributed by atoms with van der Waals surface area (Å²) in [5, 5.41) is 5.30. The van der Waals surface area contributed by atoms with Gasteiger partial charge in [-0.3, -0.25) is 19.6 Å². The molecule has 1 heterocycles. The van der Waals surface area contributed by atoms with Crippen LogP contribution >= 0.6 is 11.6 Å². The summed E-state index contributed by atoms with van der Waals surface area (Å²) in [4.78, 5) is 17.4. The molecule has 180 valence electrons. The fraction of sp³-hybridized carbons (Fsp3) is 0.0370. The highest BCUT2D eigenvalue weighted by Crippen LogP contribution is 2.26. The van der Waals surface area contributed by atoms with Gasteiger partial charge in [0.1, 0.15) is 0 Å². The summed E-state index contributed by atoms with van der Waals surface area (Å²) in [6.45, 7) is 1.78. The van der Waals surface area contributed by atoms with Crippen molar-refractivity contribution >= 4 is 50.0 Å². The zero-order valence-corrected chi connectivity index (χ0v) is 20.7. The Kier molecular flexibility index (Phi) is 6.22. The van der Waals surface area contributed by atoms with Gasteiger partial charge in [-0.05, 0) is 60.8 Å². The lowest BCUT2D eigenvalue weighted by molar-refractivity contribution is 0.601. The van der Waals surface area contributed by atoms with Crippen LogP contribution in [0.4, 0.5) is 11.4 Å². The molecule has 0 spiro atoms. The molecule has 0 saturated heterocycles. The number of fused-ring (bicyclic) bond motifs is 1. The minimum Gasteiger partial charge on any atom is -0.295 e. The van der Waals surface area contributed by atoms with E-state index in [1.807, 2.05) is 30.3 Å². The molecule has 5 aromatic rings. The molecule has 0 amide bonds. The van der Waals surface area contributed by atoms with Crippen LogP contribution in [-0.2, 0) is 10.0 Å². The number of hydrogen-bond donors (Lipinski definition) is 2. The predicted molar refractivity (Wildman–Crippen MR) is 145 cm³/mol. The van der Waals surface area contributed by atoms with Crippen molar-refractivity contribution in [3.8, 4) is 5.69 Å². The number of sulfonamides is 1. The van der Waals surface area contributed by atoms with Crippen molar-refractivity contribution in [3.05, 3.63) is 118 Å². The van der Waals surface area contributed by atoms with Crippen molar-refractivity contribution in [2.45, 2.75) is 11.8 Å². The summed E-state index contributed by atoms with van der Waals surface area (Å²) >= 11 is 6.05. The molecule has 0 aliphatic carbocycles. The standard InChI is InChI=1S/C27H21ClN4O3S/c1-18-25(27(33)32(30-18)22-9-5-8-20(28)16-22)17-29-21-12-14-23(15-13-21)36(34,35)31-26-11-4-7-19-6-2-3-10-24(19)26/h2-17,30-31H,1H3. The molecule has 36 heavy (non-hydrogen) atoms. The highest BCUT2D eigenvalue weighted by atomic mass is 35.5. The molecule has 0 atom stereocenters. The Morgan fingerprint density at radius 1 is 0.944 bits per heavy atom. The lowest BCUT2D eigenvalue weighted by atomic mass is 10.1. The van der Waals surface area contributed by atoms with Gasteiger partial charge in [-0.25, -0.2) is 13.1 Å². The van der Waals surface area contributed by atoms with Crippen molar-refractivity contribution in [1.29, 1.82) is 0 Å². The third-order valence-corrected chi connectivity index (χ3v) is 7.32. The predicted octanol–water partition coefficient (Wildman–Crippen LogP) is 5.83. The van der Waals surface area contributed by atoms with Crippen molar-refractivity contribution in [2.24, 2.45) is 4.99 Å². The van der Waals surface area contributed by atoms with E-state index >= 15 is 0 Å². The van der Waals surface area contributed by atoms with E-state index < -0.39 is 10.0 Å². The van der Waals surface area contributed by atoms with Crippen LogP contribution in [-0.4, -0.2) is 24.4 Å². The largest absolute Gasteiger partial charge is 0.295 e. The second-order valence-corrected chi connectivity index (χ2v) is 10.3. The highest BCUT2D eigenvalue weighted by Gasteiger charge is 2.16. The van der Waals surface area contributed by atoms with Crippen molar-refractivity contribution in [3.63, 3.8) is 0 Å². The van der Waals surface area contributed by atoms with Crippen molar-refractivity contribution in [1.82, 2.24) is 9.78 Å². The Hall–Kier alpha value is -4.14. The zero-order valence-electron chi connectivity index (χ0n) is 19.1. The van der Waals surface area contributed by atoms with E-state index in [4.69, 9.17) is 11.6 Å². The Morgan fingerprint density at radius 2 is 1.67 bits per heavy atom. The molecular weight excluding hydrogens is 496 g/mol. The molecule has 0 fully saturated rings. The van der Waals surface area contributed by atoms with Crippen LogP contribution in [0.2, 0.25) is 5.02 Å². The number of rotatable bonds is 6. The van der Waals surface area contributed by atoms with E-state index in [-0.39, 0.29) is 10.5 Å². The van der Waals surface area contributed by atoms with Gasteiger partial charge in [-0.2, -0.15) is 0 Å². The second kappa shape index (κ2) is 9.49. The fourth-order valence-corrected chi connectivity index (χ4v) is 5.14. The highest BCUT2D eigenvalue weighted by molar-refractivity contribution is 7.92. The molecule has 0 saturated carbocycles. The first-order chi connectivity index (χ1) is 17.3. The lowest BCUT2D eigenvalue weighted by Crippen LogP contribution is -2.17. The Morgan fingerprint density at radius 3 is 2.44 bits per heavy atom. The molecule has 0 bridgehead atoms. The minimum atomic E-state index is -3.80. The van der Waals surface area contributed by atoms with Gasteiger partial charge in [-0.1, -0.05) is 54.1 Å². The smallest absolute Gasteiger partial charge is 0.280 e. The summed E-state index contributed by atoms with van der Waals surface area (Å²) in [6.07, 6.45) is 1.47. The summed E-state index contributed by atoms with van der Waals surface area (Å²) in [7, 11) is -3.80. The summed E-state index contributed by atoms with van der Waals surface area (Å²) in [5.74, 6) is 0. The van der Waals surface area contributed by atoms with Crippen molar-refractivity contribution < 1.29 is 8.42 Å². The SMILES string of the molecule is Cc1[nH]n(-c2cccc(Cl)c2)c(=O)c1C=Nc1ccc(S(=O)(=O)Nc2cccc3ccccc23)cc1. The van der Waals surface area contributed by atoms with Gasteiger partial charge in [0, 0.05) is 22.3 Å². The van der Waals surface area contributed by atoms with Gasteiger partial charge in [-0.15, -0.1) is 0 Å². The third kappa shape index (κ3) is 4.68. The zero-order chi connectivity index (χ0) is 25.3. The number of nitrogens with zero attached hydrogens (tertiary/aromatic N) is 2. The number of aromatic nitrogens is 2. The average molecular weight is 517 g/mol. The van der Waals surface area contributed by atoms with E-state index in [0.29, 0.717) is 33.3 Å². The number of halogens is 1. The van der Waals surface area contributed by atoms with Crippen LogP contribution in [0.1, 0.15) is 11.3 Å². The monoisotopic (exact) mass is 516 g/mol. The molecule has 0 aliphatic heterocycles. The van der Waals surface area contributed by atoms with Crippen LogP contribution in [0.3, 0.4) is 0 Å². The van der Waals surface area contributed by atoms with Crippen LogP contribution in [0.15, 0.2) is 106 Å². The Bertz CT molecular complexity index is 1770. The molecule has 5 rings (SSSR count). The fourth-order valence-electron chi connectivity index (χ4n) is 3.88. The number of nitrogens with one attached hydrogen (secondary N) is 2. The first-order valence-corrected chi connectivity index (χ1v) is 12.9. The normalized spacial score (nSPS) is 11.8. The van der Waals surface area contributed by atoms with Crippen LogP contribution in [0.25, 0.3) is 16.5 Å². The number of anilines is 1. The first-order valence-electron chi connectivity index (χ1n) is 11.0. The summed E-state index contributed by atoms with van der Waals surface area (Å²) in [5.41, 5.74) is 2.40. The molecule has 0 aliphatic rings. The maximum Gasteiger partial charge on any atom is 0.280 e. The molecule has 2 N–H and O–H groups in total. The maximum absolute atomic E-state index is 13.0. The molecule has 0 unspecified atom stereocenters. The first kappa shape index (κ1) is 23.6. The van der Waals surface area contributed by atoms with E-state index in [1.165, 1.54) is 23.0 Å². The van der Waals surface area contributed by atoms with Crippen LogP contribution in [0, 0.1) is 6.92 Å². The number of benzene rings is 4. The van der Waals surface area contributed by atoms with E-state index in [2.05, 4.69) is 14.8 Å². The number of hydrogen-bond acceptors (Lipinski definition) is 4. The molecular formula is C27H21ClN4O3S. The van der Waals surface area contributed by atoms with Gasteiger partial charge in [0.25, 0.3) is 15.6 Å². The third-order valence-electron chi connectivity index (χ3n) is 5.71. The number of H-pyrrole nitrogens is 1. The number of aliphatic imine (C=N–C) groups is 1. The molecule has 7 nitrogen and oxygen atoms in total. The molecule has 9 heteroatoms. The summed E-state index contributed by atoms with van der Waals surface area (Å²) < 4.78 is 30.0. The number of aryl methyl sites for hydroxylation is 1. The van der Waals surface area contributed by atoms with Crippen molar-refractivity contribution in [2.75, 3.05) is 4.72 Å². The second-order valence-electron chi connectivity index (χ2n) is 8.16. The average Bonchev–Trinajstić information content (AvgIpc) is 3.16. The van der Waals surface area contributed by atoms with Gasteiger partial charge in [0.2, 0.25) is 0 Å². The van der Waals surface area contributed by atoms with Crippen LogP contribution < -0.4 is 10.3 Å². The van der Waals surface area contributed by atoms with Gasteiger partial charge < -0.3 is 0 Å². The topological polar surface area (TPSA) is 96.3 Å². The summed E-state index contributed by atoms with van der Waals surface area (Å²) in [6, 6.07) is 26.1. The lowest BCUT2D eigenvalue weighted by Gasteiger charge is -2.11. The Balaban J connectivity index is 1.38. The Labute approximate surface area is 212 Å². The quantitative estimate of drug-likeness (QED) is 0.278. The molecule has 0 radical (unpaired) electrons. The van der Waals surface area contributed by atoms with E-state index in [9.17, 15) is 13.2 Å². The maximum atomic E-state index is 13.0. The minimum absolute atomic E-state index is 0.107.